The highest BCUT2D eigenvalue weighted by atomic mass is 32.2. The fourth-order valence-electron chi connectivity index (χ4n) is 1.95. The largest absolute Gasteiger partial charge is 0.481 e. The van der Waals surface area contributed by atoms with Crippen molar-refractivity contribution in [2.45, 2.75) is 19.3 Å². The Balaban J connectivity index is 2.70. The van der Waals surface area contributed by atoms with Crippen molar-refractivity contribution in [3.05, 3.63) is 0 Å². The molecule has 8 nitrogen and oxygen atoms in total. The maximum absolute atomic E-state index is 12.2. The Labute approximate surface area is 112 Å². The van der Waals surface area contributed by atoms with Gasteiger partial charge in [0.15, 0.2) is 0 Å². The van der Waals surface area contributed by atoms with Crippen LogP contribution in [0.3, 0.4) is 0 Å². The summed E-state index contributed by atoms with van der Waals surface area (Å²) in [6.07, 6.45) is 0.891. The van der Waals surface area contributed by atoms with Gasteiger partial charge in [0.25, 0.3) is 10.2 Å². The molecular weight excluding hydrogens is 274 g/mol. The Morgan fingerprint density at radius 3 is 2.63 bits per heavy atom. The number of carbonyl (C=O) groups is 2. The van der Waals surface area contributed by atoms with Crippen molar-refractivity contribution in [3.63, 3.8) is 0 Å². The fourth-order valence-corrected chi connectivity index (χ4v) is 3.39. The van der Waals surface area contributed by atoms with Crippen LogP contribution in [0.25, 0.3) is 0 Å². The second kappa shape index (κ2) is 6.31. The Bertz CT molecular complexity index is 450. The Morgan fingerprint density at radius 1 is 1.47 bits per heavy atom. The van der Waals surface area contributed by atoms with Gasteiger partial charge in [-0.25, -0.2) is 0 Å². The van der Waals surface area contributed by atoms with Crippen LogP contribution in [0, 0.1) is 5.92 Å². The maximum Gasteiger partial charge on any atom is 0.304 e. The highest BCUT2D eigenvalue weighted by molar-refractivity contribution is 7.86. The van der Waals surface area contributed by atoms with Crippen LogP contribution in [0.15, 0.2) is 0 Å². The molecule has 1 fully saturated rings. The Kier molecular flexibility index (Phi) is 5.27. The summed E-state index contributed by atoms with van der Waals surface area (Å²) in [4.78, 5) is 21.6. The van der Waals surface area contributed by atoms with Crippen LogP contribution in [0.2, 0.25) is 0 Å². The summed E-state index contributed by atoms with van der Waals surface area (Å²) in [7, 11) is -2.40. The molecule has 0 bridgehead atoms. The SMILES string of the molecule is CN(CCC(=O)O)S(=O)(=O)N1CCCC(C(N)=O)C1. The normalized spacial score (nSPS) is 21.5. The van der Waals surface area contributed by atoms with Gasteiger partial charge in [0.05, 0.1) is 12.3 Å². The number of carboxylic acid groups (broad SMARTS) is 1. The molecule has 1 amide bonds. The minimum atomic E-state index is -3.73. The molecule has 0 radical (unpaired) electrons. The minimum absolute atomic E-state index is 0.0646. The zero-order valence-electron chi connectivity index (χ0n) is 10.8. The molecule has 1 atom stereocenters. The van der Waals surface area contributed by atoms with Gasteiger partial charge < -0.3 is 10.8 Å². The number of aliphatic carboxylic acids is 1. The molecule has 1 rings (SSSR count). The number of piperidine rings is 1. The van der Waals surface area contributed by atoms with Crippen molar-refractivity contribution in [2.24, 2.45) is 11.7 Å². The lowest BCUT2D eigenvalue weighted by Gasteiger charge is -2.33. The van der Waals surface area contributed by atoms with Crippen LogP contribution in [0.1, 0.15) is 19.3 Å². The number of nitrogens with two attached hydrogens (primary N) is 1. The quantitative estimate of drug-likeness (QED) is 0.639. The molecule has 1 aliphatic heterocycles. The van der Waals surface area contributed by atoms with Crippen LogP contribution in [-0.4, -0.2) is 60.7 Å². The van der Waals surface area contributed by atoms with E-state index in [0.29, 0.717) is 19.4 Å². The maximum atomic E-state index is 12.2. The molecular formula is C10H19N3O5S. The first-order chi connectivity index (χ1) is 8.75. The number of nitrogens with zero attached hydrogens (tertiary/aromatic N) is 2. The molecule has 0 spiro atoms. The zero-order valence-corrected chi connectivity index (χ0v) is 11.6. The van der Waals surface area contributed by atoms with E-state index in [1.54, 1.807) is 0 Å². The molecule has 1 saturated heterocycles. The second-order valence-electron chi connectivity index (χ2n) is 4.57. The summed E-state index contributed by atoms with van der Waals surface area (Å²) in [6.45, 7) is 0.286. The van der Waals surface area contributed by atoms with Gasteiger partial charge in [-0.15, -0.1) is 0 Å². The molecule has 3 N–H and O–H groups in total. The van der Waals surface area contributed by atoms with E-state index in [9.17, 15) is 18.0 Å². The standard InChI is InChI=1S/C10H19N3O5S/c1-12(6-4-9(14)15)19(17,18)13-5-2-3-8(7-13)10(11)16/h8H,2-7H2,1H3,(H2,11,16)(H,14,15). The number of carboxylic acids is 1. The van der Waals surface area contributed by atoms with Crippen molar-refractivity contribution in [3.8, 4) is 0 Å². The third-order valence-electron chi connectivity index (χ3n) is 3.15. The van der Waals surface area contributed by atoms with Gasteiger partial charge in [0, 0.05) is 26.7 Å². The van der Waals surface area contributed by atoms with E-state index < -0.39 is 28.0 Å². The summed E-state index contributed by atoms with van der Waals surface area (Å²) >= 11 is 0. The van der Waals surface area contributed by atoms with Gasteiger partial charge >= 0.3 is 5.97 Å². The van der Waals surface area contributed by atoms with Crippen LogP contribution in [0.5, 0.6) is 0 Å². The van der Waals surface area contributed by atoms with E-state index in [1.165, 1.54) is 11.4 Å². The van der Waals surface area contributed by atoms with Crippen molar-refractivity contribution < 1.29 is 23.1 Å². The fraction of sp³-hybridized carbons (Fsp3) is 0.800. The highest BCUT2D eigenvalue weighted by Crippen LogP contribution is 2.20. The predicted molar refractivity (Wildman–Crippen MR) is 67.3 cm³/mol. The van der Waals surface area contributed by atoms with Gasteiger partial charge in [-0.3, -0.25) is 9.59 Å². The molecule has 0 aromatic heterocycles. The monoisotopic (exact) mass is 293 g/mol. The molecule has 19 heavy (non-hydrogen) atoms. The Hall–Kier alpha value is -1.19. The van der Waals surface area contributed by atoms with Gasteiger partial charge in [-0.2, -0.15) is 17.0 Å². The lowest BCUT2D eigenvalue weighted by atomic mass is 9.99. The van der Waals surface area contributed by atoms with Crippen molar-refractivity contribution in [1.82, 2.24) is 8.61 Å². The van der Waals surface area contributed by atoms with Crippen LogP contribution in [-0.2, 0) is 19.8 Å². The summed E-state index contributed by atoms with van der Waals surface area (Å²) in [6, 6.07) is 0. The molecule has 110 valence electrons. The van der Waals surface area contributed by atoms with E-state index >= 15 is 0 Å². The molecule has 0 aromatic rings. The topological polar surface area (TPSA) is 121 Å². The number of amides is 1. The third kappa shape index (κ3) is 4.15. The van der Waals surface area contributed by atoms with Crippen molar-refractivity contribution in [1.29, 1.82) is 0 Å². The van der Waals surface area contributed by atoms with Gasteiger partial charge in [0.2, 0.25) is 5.91 Å². The predicted octanol–water partition coefficient (Wildman–Crippen LogP) is -1.16. The summed E-state index contributed by atoms with van der Waals surface area (Å²) < 4.78 is 26.5. The molecule has 0 aromatic carbocycles. The number of rotatable bonds is 6. The molecule has 9 heteroatoms. The van der Waals surface area contributed by atoms with Gasteiger partial charge in [-0.1, -0.05) is 0 Å². The average molecular weight is 293 g/mol. The molecule has 1 unspecified atom stereocenters. The van der Waals surface area contributed by atoms with Crippen LogP contribution in [0.4, 0.5) is 0 Å². The van der Waals surface area contributed by atoms with E-state index in [2.05, 4.69) is 0 Å². The van der Waals surface area contributed by atoms with E-state index in [-0.39, 0.29) is 19.5 Å². The van der Waals surface area contributed by atoms with E-state index in [0.717, 1.165) is 4.31 Å². The number of carbonyl (C=O) groups excluding carboxylic acids is 1. The zero-order chi connectivity index (χ0) is 14.6. The van der Waals surface area contributed by atoms with Gasteiger partial charge in [-0.05, 0) is 12.8 Å². The van der Waals surface area contributed by atoms with Crippen molar-refractivity contribution >= 4 is 22.1 Å². The molecule has 0 saturated carbocycles. The number of hydrogen-bond donors (Lipinski definition) is 2. The highest BCUT2D eigenvalue weighted by Gasteiger charge is 2.33. The molecule has 1 heterocycles. The van der Waals surface area contributed by atoms with Crippen LogP contribution >= 0.6 is 0 Å². The first-order valence-corrected chi connectivity index (χ1v) is 7.37. The molecule has 0 aliphatic carbocycles. The summed E-state index contributed by atoms with van der Waals surface area (Å²) in [5.74, 6) is -2.04. The second-order valence-corrected chi connectivity index (χ2v) is 6.61. The van der Waals surface area contributed by atoms with Crippen LogP contribution < -0.4 is 5.73 Å². The average Bonchev–Trinajstić information content (AvgIpc) is 2.35. The third-order valence-corrected chi connectivity index (χ3v) is 5.10. The first-order valence-electron chi connectivity index (χ1n) is 5.97. The lowest BCUT2D eigenvalue weighted by molar-refractivity contribution is -0.137. The smallest absolute Gasteiger partial charge is 0.304 e. The first kappa shape index (κ1) is 15.9. The number of primary amides is 1. The van der Waals surface area contributed by atoms with E-state index in [1.807, 2.05) is 0 Å². The Morgan fingerprint density at radius 2 is 2.11 bits per heavy atom. The minimum Gasteiger partial charge on any atom is -0.481 e. The van der Waals surface area contributed by atoms with Gasteiger partial charge in [0.1, 0.15) is 0 Å². The lowest BCUT2D eigenvalue weighted by Crippen LogP contribution is -2.49. The summed E-state index contributed by atoms with van der Waals surface area (Å²) in [5, 5.41) is 8.56. The molecule has 1 aliphatic rings. The van der Waals surface area contributed by atoms with Crippen molar-refractivity contribution in [2.75, 3.05) is 26.7 Å². The summed E-state index contributed by atoms with van der Waals surface area (Å²) in [5.41, 5.74) is 5.20. The number of hydrogen-bond acceptors (Lipinski definition) is 4. The van der Waals surface area contributed by atoms with E-state index in [4.69, 9.17) is 10.8 Å².